The fourth-order valence-electron chi connectivity index (χ4n) is 4.93. The predicted octanol–water partition coefficient (Wildman–Crippen LogP) is 4.62. The van der Waals surface area contributed by atoms with Gasteiger partial charge < -0.3 is 5.11 Å². The van der Waals surface area contributed by atoms with Gasteiger partial charge in [0.2, 0.25) is 0 Å². The van der Waals surface area contributed by atoms with Crippen LogP contribution in [0.2, 0.25) is 0 Å². The molecule has 1 atom stereocenters. The van der Waals surface area contributed by atoms with Crippen molar-refractivity contribution in [3.05, 3.63) is 35.1 Å². The lowest BCUT2D eigenvalue weighted by atomic mass is 9.47. The molecule has 4 rings (SSSR count). The Bertz CT molecular complexity index is 668. The summed E-state index contributed by atoms with van der Waals surface area (Å²) >= 11 is 0. The molecule has 0 radical (unpaired) electrons. The second-order valence-electron chi connectivity index (χ2n) is 7.32. The number of aliphatic carboxylic acids is 1. The summed E-state index contributed by atoms with van der Waals surface area (Å²) in [6.45, 7) is 2.17. The van der Waals surface area contributed by atoms with Gasteiger partial charge in [-0.15, -0.1) is 0 Å². The van der Waals surface area contributed by atoms with Gasteiger partial charge in [-0.3, -0.25) is 4.79 Å². The number of rotatable bonds is 4. The van der Waals surface area contributed by atoms with Crippen LogP contribution in [0.4, 0.5) is 4.39 Å². The summed E-state index contributed by atoms with van der Waals surface area (Å²) in [5, 5.41) is 18.8. The van der Waals surface area contributed by atoms with Gasteiger partial charge in [0.15, 0.2) is 0 Å². The van der Waals surface area contributed by atoms with E-state index in [1.54, 1.807) is 6.07 Å². The number of carboxylic acid groups (broad SMARTS) is 1. The van der Waals surface area contributed by atoms with E-state index in [1.165, 1.54) is 12.1 Å². The molecule has 0 heterocycles. The van der Waals surface area contributed by atoms with Crippen molar-refractivity contribution in [1.29, 1.82) is 5.26 Å². The fraction of sp³-hybridized carbons (Fsp3) is 0.579. The minimum Gasteiger partial charge on any atom is -0.481 e. The van der Waals surface area contributed by atoms with Crippen LogP contribution in [-0.2, 0) is 4.79 Å². The number of nitriles is 1. The van der Waals surface area contributed by atoms with Gasteiger partial charge >= 0.3 is 5.97 Å². The molecule has 3 saturated carbocycles. The lowest BCUT2D eigenvalue weighted by Crippen LogP contribution is -2.50. The van der Waals surface area contributed by atoms with Crippen molar-refractivity contribution in [2.45, 2.75) is 57.8 Å². The van der Waals surface area contributed by atoms with E-state index in [2.05, 4.69) is 6.92 Å². The van der Waals surface area contributed by atoms with Crippen molar-refractivity contribution in [2.24, 2.45) is 10.8 Å². The Morgan fingerprint density at radius 1 is 1.39 bits per heavy atom. The number of carbonyl (C=O) groups is 1. The monoisotopic (exact) mass is 315 g/mol. The third kappa shape index (κ3) is 2.43. The molecule has 0 aromatic heterocycles. The van der Waals surface area contributed by atoms with Crippen molar-refractivity contribution in [2.75, 3.05) is 0 Å². The van der Waals surface area contributed by atoms with Gasteiger partial charge in [0, 0.05) is 5.92 Å². The lowest BCUT2D eigenvalue weighted by Gasteiger charge is -2.56. The molecule has 0 saturated heterocycles. The molecule has 1 aromatic carbocycles. The third-order valence-electron chi connectivity index (χ3n) is 6.23. The Hall–Kier alpha value is -1.89. The second kappa shape index (κ2) is 5.63. The van der Waals surface area contributed by atoms with E-state index in [0.717, 1.165) is 37.7 Å². The topological polar surface area (TPSA) is 61.1 Å². The van der Waals surface area contributed by atoms with Gasteiger partial charge in [-0.2, -0.15) is 5.26 Å². The van der Waals surface area contributed by atoms with Crippen LogP contribution in [0.15, 0.2) is 18.2 Å². The number of nitrogens with zero attached hydrogens (tertiary/aromatic N) is 1. The number of fused-ring (bicyclic) bond motifs is 3. The van der Waals surface area contributed by atoms with Crippen molar-refractivity contribution >= 4 is 5.97 Å². The van der Waals surface area contributed by atoms with Crippen LogP contribution in [0.25, 0.3) is 0 Å². The van der Waals surface area contributed by atoms with Crippen LogP contribution in [0, 0.1) is 28.0 Å². The molecule has 3 nitrogen and oxygen atoms in total. The summed E-state index contributed by atoms with van der Waals surface area (Å²) in [5.74, 6) is -1.45. The van der Waals surface area contributed by atoms with Crippen LogP contribution in [0.5, 0.6) is 0 Å². The first-order chi connectivity index (χ1) is 11.0. The molecule has 3 fully saturated rings. The molecule has 3 aliphatic carbocycles. The van der Waals surface area contributed by atoms with Gasteiger partial charge in [0.1, 0.15) is 11.9 Å². The van der Waals surface area contributed by atoms with E-state index in [9.17, 15) is 14.3 Å². The molecule has 1 aromatic rings. The first-order valence-electron chi connectivity index (χ1n) is 8.39. The van der Waals surface area contributed by atoms with Crippen LogP contribution >= 0.6 is 0 Å². The molecule has 0 spiro atoms. The minimum absolute atomic E-state index is 0.0161. The van der Waals surface area contributed by atoms with Crippen LogP contribution in [0.1, 0.15) is 68.9 Å². The number of carboxylic acids is 1. The highest BCUT2D eigenvalue weighted by Gasteiger charge is 2.58. The van der Waals surface area contributed by atoms with Gasteiger partial charge in [-0.05, 0) is 61.6 Å². The van der Waals surface area contributed by atoms with Gasteiger partial charge in [-0.25, -0.2) is 4.39 Å². The van der Waals surface area contributed by atoms with Gasteiger partial charge in [0.05, 0.1) is 11.0 Å². The third-order valence-corrected chi connectivity index (χ3v) is 6.23. The largest absolute Gasteiger partial charge is 0.481 e. The van der Waals surface area contributed by atoms with Crippen LogP contribution in [-0.4, -0.2) is 11.1 Å². The van der Waals surface area contributed by atoms with Crippen LogP contribution < -0.4 is 0 Å². The molecule has 2 bridgehead atoms. The second-order valence-corrected chi connectivity index (χ2v) is 7.32. The summed E-state index contributed by atoms with van der Waals surface area (Å²) in [6.07, 6.45) is 6.29. The fourth-order valence-corrected chi connectivity index (χ4v) is 4.93. The Balaban J connectivity index is 2.02. The molecular weight excluding hydrogens is 293 g/mol. The summed E-state index contributed by atoms with van der Waals surface area (Å²) in [6, 6.07) is 6.44. The Labute approximate surface area is 136 Å². The first kappa shape index (κ1) is 16.0. The van der Waals surface area contributed by atoms with Gasteiger partial charge in [-0.1, -0.05) is 19.4 Å². The summed E-state index contributed by atoms with van der Waals surface area (Å²) in [5.41, 5.74) is 0.197. The molecule has 1 unspecified atom stereocenters. The summed E-state index contributed by atoms with van der Waals surface area (Å²) in [7, 11) is 0. The molecule has 1 N–H and O–H groups in total. The minimum atomic E-state index is -0.768. The van der Waals surface area contributed by atoms with Crippen molar-refractivity contribution < 1.29 is 14.3 Å². The Kier molecular flexibility index (Phi) is 3.91. The molecular formula is C19H22FNO2. The number of hydrogen-bond acceptors (Lipinski definition) is 2. The molecule has 0 amide bonds. The highest BCUT2D eigenvalue weighted by molar-refractivity contribution is 5.77. The maximum Gasteiger partial charge on any atom is 0.310 e. The molecule has 23 heavy (non-hydrogen) atoms. The average Bonchev–Trinajstić information content (AvgIpc) is 2.55. The molecule has 122 valence electrons. The first-order valence-corrected chi connectivity index (χ1v) is 8.39. The van der Waals surface area contributed by atoms with Crippen LogP contribution in [0.3, 0.4) is 0 Å². The van der Waals surface area contributed by atoms with E-state index in [-0.39, 0.29) is 16.9 Å². The molecule has 0 aliphatic heterocycles. The van der Waals surface area contributed by atoms with Crippen molar-refractivity contribution in [3.63, 3.8) is 0 Å². The van der Waals surface area contributed by atoms with E-state index in [4.69, 9.17) is 5.26 Å². The zero-order chi connectivity index (χ0) is 16.7. The summed E-state index contributed by atoms with van der Waals surface area (Å²) in [4.78, 5) is 12.0. The SMILES string of the molecule is CCCC12CCC(C(=O)O)(CC1)C(c1ccc(C#N)c(F)c1)C2. The molecule has 3 aliphatic rings. The standard InChI is InChI=1S/C19H22FNO2/c1-2-5-18-6-8-19(9-7-18,17(22)23)15(11-18)13-3-4-14(12-21)16(20)10-13/h3-4,10,15H,2,5-9,11H2,1H3,(H,22,23). The van der Waals surface area contributed by atoms with Gasteiger partial charge in [0.25, 0.3) is 0 Å². The lowest BCUT2D eigenvalue weighted by molar-refractivity contribution is -0.162. The quantitative estimate of drug-likeness (QED) is 0.882. The predicted molar refractivity (Wildman–Crippen MR) is 84.4 cm³/mol. The Morgan fingerprint density at radius 3 is 2.61 bits per heavy atom. The highest BCUT2D eigenvalue weighted by Crippen LogP contribution is 2.64. The number of benzene rings is 1. The van der Waals surface area contributed by atoms with E-state index >= 15 is 0 Å². The smallest absolute Gasteiger partial charge is 0.310 e. The number of halogens is 1. The summed E-state index contributed by atoms with van der Waals surface area (Å²) < 4.78 is 14.0. The highest BCUT2D eigenvalue weighted by atomic mass is 19.1. The van der Waals surface area contributed by atoms with Crippen molar-refractivity contribution in [1.82, 2.24) is 0 Å². The number of hydrogen-bond donors (Lipinski definition) is 1. The Morgan fingerprint density at radius 2 is 2.09 bits per heavy atom. The van der Waals surface area contributed by atoms with E-state index < -0.39 is 17.2 Å². The van der Waals surface area contributed by atoms with E-state index in [0.29, 0.717) is 12.8 Å². The normalized spacial score (nSPS) is 32.5. The maximum atomic E-state index is 14.0. The zero-order valence-corrected chi connectivity index (χ0v) is 13.4. The van der Waals surface area contributed by atoms with Crippen molar-refractivity contribution in [3.8, 4) is 6.07 Å². The maximum absolute atomic E-state index is 14.0. The average molecular weight is 315 g/mol. The molecule has 4 heteroatoms. The zero-order valence-electron chi connectivity index (χ0n) is 13.4. The van der Waals surface area contributed by atoms with E-state index in [1.807, 2.05) is 6.07 Å².